The summed E-state index contributed by atoms with van der Waals surface area (Å²) in [6.07, 6.45) is 2.20. The van der Waals surface area contributed by atoms with Gasteiger partial charge in [-0.3, -0.25) is 4.79 Å². The van der Waals surface area contributed by atoms with Gasteiger partial charge in [-0.2, -0.15) is 0 Å². The maximum Gasteiger partial charge on any atom is 0.262 e. The van der Waals surface area contributed by atoms with Gasteiger partial charge in [-0.1, -0.05) is 47.6 Å². The third-order valence-corrected chi connectivity index (χ3v) is 5.33. The number of anilines is 2. The topological polar surface area (TPSA) is 84.2 Å². The third-order valence-electron chi connectivity index (χ3n) is 5.33. The second kappa shape index (κ2) is 7.59. The van der Waals surface area contributed by atoms with Gasteiger partial charge in [-0.15, -0.1) is 0 Å². The van der Waals surface area contributed by atoms with Gasteiger partial charge in [0.2, 0.25) is 0 Å². The van der Waals surface area contributed by atoms with Crippen LogP contribution in [0.3, 0.4) is 0 Å². The minimum Gasteiger partial charge on any atom is -0.360 e. The molecule has 4 aromatic rings. The highest BCUT2D eigenvalue weighted by Gasteiger charge is 2.25. The lowest BCUT2D eigenvalue weighted by Gasteiger charge is -2.20. The molecule has 0 aliphatic carbocycles. The Hall–Kier alpha value is -3.74. The summed E-state index contributed by atoms with van der Waals surface area (Å²) in [5.74, 6) is 1.32. The number of aryl methyl sites for hydroxylation is 1. The molecule has 1 fully saturated rings. The zero-order chi connectivity index (χ0) is 20.5. The van der Waals surface area contributed by atoms with E-state index in [4.69, 9.17) is 14.5 Å². The van der Waals surface area contributed by atoms with Crippen molar-refractivity contribution < 1.29 is 9.32 Å². The molecule has 2 aromatic carbocycles. The van der Waals surface area contributed by atoms with Crippen LogP contribution in [-0.2, 0) is 0 Å². The van der Waals surface area contributed by atoms with Crippen LogP contribution >= 0.6 is 0 Å². The summed E-state index contributed by atoms with van der Waals surface area (Å²) in [6, 6.07) is 17.2. The van der Waals surface area contributed by atoms with Crippen LogP contribution in [0.15, 0.2) is 59.1 Å². The summed E-state index contributed by atoms with van der Waals surface area (Å²) < 4.78 is 5.35. The molecule has 1 aliphatic heterocycles. The molecule has 0 atom stereocenters. The smallest absolute Gasteiger partial charge is 0.262 e. The molecule has 30 heavy (non-hydrogen) atoms. The average molecular weight is 399 g/mol. The van der Waals surface area contributed by atoms with Crippen molar-refractivity contribution in [1.82, 2.24) is 15.1 Å². The molecule has 0 spiro atoms. The number of benzene rings is 2. The normalized spacial score (nSPS) is 13.7. The van der Waals surface area contributed by atoms with Gasteiger partial charge in [0.05, 0.1) is 11.0 Å². The highest BCUT2D eigenvalue weighted by Crippen LogP contribution is 2.30. The van der Waals surface area contributed by atoms with Gasteiger partial charge in [0, 0.05) is 18.7 Å². The summed E-state index contributed by atoms with van der Waals surface area (Å²) in [5.41, 5.74) is 3.29. The molecule has 7 nitrogen and oxygen atoms in total. The number of nitrogens with zero attached hydrogens (tertiary/aromatic N) is 4. The number of rotatable bonds is 4. The quantitative estimate of drug-likeness (QED) is 0.546. The molecule has 1 amide bonds. The number of aromatic nitrogens is 3. The lowest BCUT2D eigenvalue weighted by molar-refractivity contribution is 0.102. The summed E-state index contributed by atoms with van der Waals surface area (Å²) in [5, 5.41) is 7.09. The predicted octanol–water partition coefficient (Wildman–Crippen LogP) is 4.45. The van der Waals surface area contributed by atoms with E-state index in [-0.39, 0.29) is 5.91 Å². The van der Waals surface area contributed by atoms with Gasteiger partial charge < -0.3 is 14.7 Å². The Labute approximate surface area is 173 Å². The Morgan fingerprint density at radius 2 is 1.63 bits per heavy atom. The van der Waals surface area contributed by atoms with Gasteiger partial charge in [0.15, 0.2) is 11.6 Å². The number of hydrogen-bond donors (Lipinski definition) is 1. The first kappa shape index (κ1) is 18.3. The van der Waals surface area contributed by atoms with Gasteiger partial charge in [0.1, 0.15) is 17.0 Å². The standard InChI is InChI=1S/C23H21N5O2/c1-15-19(20(27-30-15)16-9-3-2-4-10-16)23(29)26-21-22(28-13-7-8-14-28)25-18-12-6-5-11-17(18)24-21/h2-6,9-12H,7-8,13-14H2,1H3,(H,24,26,29). The van der Waals surface area contributed by atoms with Crippen molar-refractivity contribution in [2.45, 2.75) is 19.8 Å². The third kappa shape index (κ3) is 3.28. The molecule has 1 aliphatic rings. The van der Waals surface area contributed by atoms with E-state index in [0.717, 1.165) is 42.5 Å². The number of carbonyl (C=O) groups is 1. The van der Waals surface area contributed by atoms with E-state index in [9.17, 15) is 4.79 Å². The van der Waals surface area contributed by atoms with Crippen LogP contribution in [0.1, 0.15) is 29.0 Å². The number of hydrogen-bond acceptors (Lipinski definition) is 6. The first-order chi connectivity index (χ1) is 14.7. The molecule has 2 aromatic heterocycles. The molecular formula is C23H21N5O2. The molecule has 0 saturated carbocycles. The number of fused-ring (bicyclic) bond motifs is 1. The van der Waals surface area contributed by atoms with Crippen LogP contribution in [0.25, 0.3) is 22.3 Å². The van der Waals surface area contributed by atoms with Crippen molar-refractivity contribution >= 4 is 28.6 Å². The minimum atomic E-state index is -0.308. The van der Waals surface area contributed by atoms with Crippen molar-refractivity contribution in [2.75, 3.05) is 23.3 Å². The summed E-state index contributed by atoms with van der Waals surface area (Å²) in [4.78, 5) is 25.0. The van der Waals surface area contributed by atoms with Gasteiger partial charge >= 0.3 is 0 Å². The molecule has 7 heteroatoms. The van der Waals surface area contributed by atoms with Crippen molar-refractivity contribution in [3.63, 3.8) is 0 Å². The molecule has 1 N–H and O–H groups in total. The van der Waals surface area contributed by atoms with Crippen LogP contribution in [0.4, 0.5) is 11.6 Å². The molecule has 5 rings (SSSR count). The first-order valence-corrected chi connectivity index (χ1v) is 10.1. The Kier molecular flexibility index (Phi) is 4.63. The number of nitrogens with one attached hydrogen (secondary N) is 1. The Bertz CT molecular complexity index is 1210. The van der Waals surface area contributed by atoms with Gasteiger partial charge in [-0.25, -0.2) is 9.97 Å². The highest BCUT2D eigenvalue weighted by atomic mass is 16.5. The lowest BCUT2D eigenvalue weighted by Crippen LogP contribution is -2.23. The molecule has 0 radical (unpaired) electrons. The number of carbonyl (C=O) groups excluding carboxylic acids is 1. The van der Waals surface area contributed by atoms with Crippen LogP contribution in [-0.4, -0.2) is 34.1 Å². The van der Waals surface area contributed by atoms with Gasteiger partial charge in [-0.05, 0) is 31.9 Å². The van der Waals surface area contributed by atoms with Crippen molar-refractivity contribution in [2.24, 2.45) is 0 Å². The number of para-hydroxylation sites is 2. The molecule has 0 bridgehead atoms. The molecule has 150 valence electrons. The second-order valence-electron chi connectivity index (χ2n) is 7.36. The SMILES string of the molecule is Cc1onc(-c2ccccc2)c1C(=O)Nc1nc2ccccc2nc1N1CCCC1. The van der Waals surface area contributed by atoms with E-state index in [1.165, 1.54) is 0 Å². The zero-order valence-electron chi connectivity index (χ0n) is 16.6. The van der Waals surface area contributed by atoms with E-state index in [0.29, 0.717) is 28.7 Å². The summed E-state index contributed by atoms with van der Waals surface area (Å²) in [7, 11) is 0. The first-order valence-electron chi connectivity index (χ1n) is 10.1. The highest BCUT2D eigenvalue weighted by molar-refractivity contribution is 6.09. The fourth-order valence-electron chi connectivity index (χ4n) is 3.83. The predicted molar refractivity (Wildman–Crippen MR) is 116 cm³/mol. The van der Waals surface area contributed by atoms with E-state index in [1.807, 2.05) is 54.6 Å². The fourth-order valence-corrected chi connectivity index (χ4v) is 3.83. The Morgan fingerprint density at radius 1 is 0.967 bits per heavy atom. The van der Waals surface area contributed by atoms with Crippen molar-refractivity contribution in [1.29, 1.82) is 0 Å². The largest absolute Gasteiger partial charge is 0.360 e. The fraction of sp³-hybridized carbons (Fsp3) is 0.217. The monoisotopic (exact) mass is 399 g/mol. The van der Waals surface area contributed by atoms with E-state index < -0.39 is 0 Å². The minimum absolute atomic E-state index is 0.308. The zero-order valence-corrected chi connectivity index (χ0v) is 16.6. The van der Waals surface area contributed by atoms with Gasteiger partial charge in [0.25, 0.3) is 5.91 Å². The Balaban J connectivity index is 1.55. The Morgan fingerprint density at radius 3 is 2.37 bits per heavy atom. The van der Waals surface area contributed by atoms with E-state index in [1.54, 1.807) is 6.92 Å². The van der Waals surface area contributed by atoms with E-state index in [2.05, 4.69) is 15.4 Å². The molecule has 1 saturated heterocycles. The average Bonchev–Trinajstić information content (AvgIpc) is 3.44. The van der Waals surface area contributed by atoms with Crippen LogP contribution in [0, 0.1) is 6.92 Å². The number of amides is 1. The summed E-state index contributed by atoms with van der Waals surface area (Å²) >= 11 is 0. The van der Waals surface area contributed by atoms with Crippen LogP contribution < -0.4 is 10.2 Å². The summed E-state index contributed by atoms with van der Waals surface area (Å²) in [6.45, 7) is 3.54. The van der Waals surface area contributed by atoms with Crippen LogP contribution in [0.2, 0.25) is 0 Å². The van der Waals surface area contributed by atoms with Crippen molar-refractivity contribution in [3.8, 4) is 11.3 Å². The van der Waals surface area contributed by atoms with Crippen LogP contribution in [0.5, 0.6) is 0 Å². The lowest BCUT2D eigenvalue weighted by atomic mass is 10.1. The van der Waals surface area contributed by atoms with E-state index >= 15 is 0 Å². The maximum atomic E-state index is 13.3. The maximum absolute atomic E-state index is 13.3. The molecule has 0 unspecified atom stereocenters. The second-order valence-corrected chi connectivity index (χ2v) is 7.36. The van der Waals surface area contributed by atoms with Crippen molar-refractivity contribution in [3.05, 3.63) is 65.9 Å². The molecule has 3 heterocycles. The molecular weight excluding hydrogens is 378 g/mol.